The number of aliphatic hydroxyl groups excluding tert-OH is 1. The first-order chi connectivity index (χ1) is 8.10. The zero-order chi connectivity index (χ0) is 12.8. The summed E-state index contributed by atoms with van der Waals surface area (Å²) < 4.78 is 0. The minimum Gasteiger partial charge on any atom is -0.391 e. The molecule has 96 valence electrons. The molecule has 4 N–H and O–H groups in total. The Balaban J connectivity index is 2.58. The lowest BCUT2D eigenvalue weighted by atomic mass is 9.96. The standard InChI is InChI=1S/C12H22N4O/c1-4-9(5-2)10(17)6-14-12-8(3)11(13)15-7-16-12/h7,9-10,17H,4-6H2,1-3H3,(H3,13,14,15,16). The van der Waals surface area contributed by atoms with Crippen molar-refractivity contribution in [3.63, 3.8) is 0 Å². The van der Waals surface area contributed by atoms with Crippen molar-refractivity contribution in [3.8, 4) is 0 Å². The molecular weight excluding hydrogens is 216 g/mol. The van der Waals surface area contributed by atoms with Crippen molar-refractivity contribution < 1.29 is 5.11 Å². The summed E-state index contributed by atoms with van der Waals surface area (Å²) in [5, 5.41) is 13.1. The molecule has 1 rings (SSSR count). The van der Waals surface area contributed by atoms with E-state index in [1.807, 2.05) is 6.92 Å². The van der Waals surface area contributed by atoms with Gasteiger partial charge in [0.25, 0.3) is 0 Å². The number of anilines is 2. The number of aliphatic hydroxyl groups is 1. The van der Waals surface area contributed by atoms with Crippen LogP contribution in [0.1, 0.15) is 32.3 Å². The molecule has 1 atom stereocenters. The van der Waals surface area contributed by atoms with Gasteiger partial charge in [-0.05, 0) is 12.8 Å². The largest absolute Gasteiger partial charge is 0.391 e. The average Bonchev–Trinajstić information content (AvgIpc) is 2.32. The normalized spacial score (nSPS) is 12.8. The SMILES string of the molecule is CCC(CC)C(O)CNc1ncnc(N)c1C. The highest BCUT2D eigenvalue weighted by Crippen LogP contribution is 2.17. The van der Waals surface area contributed by atoms with Crippen molar-refractivity contribution in [1.82, 2.24) is 9.97 Å². The second kappa shape index (κ2) is 6.39. The van der Waals surface area contributed by atoms with Crippen LogP contribution in [0.4, 0.5) is 11.6 Å². The summed E-state index contributed by atoms with van der Waals surface area (Å²) in [6.07, 6.45) is 3.02. The minimum atomic E-state index is -0.361. The van der Waals surface area contributed by atoms with E-state index >= 15 is 0 Å². The van der Waals surface area contributed by atoms with Gasteiger partial charge in [-0.25, -0.2) is 9.97 Å². The molecule has 1 aromatic rings. The predicted octanol–water partition coefficient (Wildman–Crippen LogP) is 1.58. The van der Waals surface area contributed by atoms with Crippen molar-refractivity contribution in [2.75, 3.05) is 17.6 Å². The van der Waals surface area contributed by atoms with E-state index in [0.717, 1.165) is 18.4 Å². The van der Waals surface area contributed by atoms with Gasteiger partial charge in [-0.2, -0.15) is 0 Å². The summed E-state index contributed by atoms with van der Waals surface area (Å²) in [7, 11) is 0. The number of hydrogen-bond acceptors (Lipinski definition) is 5. The Morgan fingerprint density at radius 3 is 2.59 bits per heavy atom. The molecule has 0 spiro atoms. The Bertz CT molecular complexity index is 352. The Morgan fingerprint density at radius 1 is 1.35 bits per heavy atom. The second-order valence-corrected chi connectivity index (χ2v) is 4.26. The van der Waals surface area contributed by atoms with Crippen LogP contribution in [0.3, 0.4) is 0 Å². The van der Waals surface area contributed by atoms with E-state index in [0.29, 0.717) is 24.1 Å². The molecule has 5 heteroatoms. The van der Waals surface area contributed by atoms with Gasteiger partial charge in [0.2, 0.25) is 0 Å². The molecule has 0 aliphatic rings. The predicted molar refractivity (Wildman–Crippen MR) is 69.7 cm³/mol. The van der Waals surface area contributed by atoms with Crippen molar-refractivity contribution in [1.29, 1.82) is 0 Å². The minimum absolute atomic E-state index is 0.321. The molecular formula is C12H22N4O. The van der Waals surface area contributed by atoms with Gasteiger partial charge in [-0.1, -0.05) is 26.7 Å². The maximum Gasteiger partial charge on any atom is 0.134 e. The fraction of sp³-hybridized carbons (Fsp3) is 0.667. The number of nitrogens with one attached hydrogen (secondary N) is 1. The van der Waals surface area contributed by atoms with Gasteiger partial charge in [0.05, 0.1) is 6.10 Å². The molecule has 0 aliphatic carbocycles. The third-order valence-corrected chi connectivity index (χ3v) is 3.19. The number of hydrogen-bond donors (Lipinski definition) is 3. The van der Waals surface area contributed by atoms with Crippen LogP contribution in [0.5, 0.6) is 0 Å². The van der Waals surface area contributed by atoms with Crippen LogP contribution in [0.15, 0.2) is 6.33 Å². The number of nitrogen functional groups attached to an aromatic ring is 1. The molecule has 1 heterocycles. The van der Waals surface area contributed by atoms with Crippen LogP contribution >= 0.6 is 0 Å². The van der Waals surface area contributed by atoms with E-state index in [1.54, 1.807) is 0 Å². The van der Waals surface area contributed by atoms with Crippen LogP contribution in [0, 0.1) is 12.8 Å². The Labute approximate surface area is 102 Å². The zero-order valence-electron chi connectivity index (χ0n) is 10.8. The first-order valence-corrected chi connectivity index (χ1v) is 6.09. The summed E-state index contributed by atoms with van der Waals surface area (Å²) in [5.41, 5.74) is 6.51. The maximum absolute atomic E-state index is 9.99. The number of aromatic nitrogens is 2. The molecule has 0 aliphatic heterocycles. The maximum atomic E-state index is 9.99. The first-order valence-electron chi connectivity index (χ1n) is 6.09. The highest BCUT2D eigenvalue weighted by atomic mass is 16.3. The summed E-state index contributed by atoms with van der Waals surface area (Å²) in [6.45, 7) is 6.53. The van der Waals surface area contributed by atoms with Gasteiger partial charge in [-0.3, -0.25) is 0 Å². The van der Waals surface area contributed by atoms with E-state index in [2.05, 4.69) is 29.1 Å². The molecule has 0 bridgehead atoms. The lowest BCUT2D eigenvalue weighted by Gasteiger charge is -2.21. The lowest BCUT2D eigenvalue weighted by Crippen LogP contribution is -2.28. The Kier molecular flexibility index (Phi) is 5.15. The van der Waals surface area contributed by atoms with E-state index < -0.39 is 0 Å². The molecule has 0 saturated heterocycles. The zero-order valence-corrected chi connectivity index (χ0v) is 10.8. The molecule has 17 heavy (non-hydrogen) atoms. The molecule has 0 saturated carbocycles. The van der Waals surface area contributed by atoms with Gasteiger partial charge in [0, 0.05) is 12.1 Å². The third-order valence-electron chi connectivity index (χ3n) is 3.19. The highest BCUT2D eigenvalue weighted by Gasteiger charge is 2.15. The van der Waals surface area contributed by atoms with E-state index in [4.69, 9.17) is 5.73 Å². The van der Waals surface area contributed by atoms with Gasteiger partial charge >= 0.3 is 0 Å². The molecule has 5 nitrogen and oxygen atoms in total. The van der Waals surface area contributed by atoms with E-state index in [9.17, 15) is 5.11 Å². The van der Waals surface area contributed by atoms with Crippen molar-refractivity contribution >= 4 is 11.6 Å². The fourth-order valence-corrected chi connectivity index (χ4v) is 1.84. The van der Waals surface area contributed by atoms with E-state index in [-0.39, 0.29) is 6.10 Å². The van der Waals surface area contributed by atoms with E-state index in [1.165, 1.54) is 6.33 Å². The smallest absolute Gasteiger partial charge is 0.134 e. The first kappa shape index (κ1) is 13.7. The summed E-state index contributed by atoms with van der Waals surface area (Å²) in [6, 6.07) is 0. The fourth-order valence-electron chi connectivity index (χ4n) is 1.84. The van der Waals surface area contributed by atoms with Crippen LogP contribution in [0.2, 0.25) is 0 Å². The van der Waals surface area contributed by atoms with Gasteiger partial charge in [0.15, 0.2) is 0 Å². The number of nitrogens with zero attached hydrogens (tertiary/aromatic N) is 2. The molecule has 1 unspecified atom stereocenters. The Hall–Kier alpha value is -1.36. The Morgan fingerprint density at radius 2 is 2.00 bits per heavy atom. The molecule has 0 aromatic carbocycles. The summed E-state index contributed by atoms with van der Waals surface area (Å²) >= 11 is 0. The third kappa shape index (κ3) is 3.56. The molecule has 0 amide bonds. The second-order valence-electron chi connectivity index (χ2n) is 4.26. The number of nitrogens with two attached hydrogens (primary N) is 1. The van der Waals surface area contributed by atoms with Crippen LogP contribution in [0.25, 0.3) is 0 Å². The highest BCUT2D eigenvalue weighted by molar-refractivity contribution is 5.53. The summed E-state index contributed by atoms with van der Waals surface area (Å²) in [4.78, 5) is 8.01. The van der Waals surface area contributed by atoms with Gasteiger partial charge < -0.3 is 16.2 Å². The van der Waals surface area contributed by atoms with Crippen molar-refractivity contribution in [2.45, 2.75) is 39.7 Å². The van der Waals surface area contributed by atoms with Gasteiger partial charge in [0.1, 0.15) is 18.0 Å². The van der Waals surface area contributed by atoms with Crippen LogP contribution < -0.4 is 11.1 Å². The molecule has 0 fully saturated rings. The molecule has 1 aromatic heterocycles. The average molecular weight is 238 g/mol. The van der Waals surface area contributed by atoms with Crippen LogP contribution in [-0.2, 0) is 0 Å². The molecule has 0 radical (unpaired) electrons. The topological polar surface area (TPSA) is 84.1 Å². The van der Waals surface area contributed by atoms with Crippen molar-refractivity contribution in [3.05, 3.63) is 11.9 Å². The quantitative estimate of drug-likeness (QED) is 0.700. The summed E-state index contributed by atoms with van der Waals surface area (Å²) in [5.74, 6) is 1.49. The van der Waals surface area contributed by atoms with Gasteiger partial charge in [-0.15, -0.1) is 0 Å². The van der Waals surface area contributed by atoms with Crippen molar-refractivity contribution in [2.24, 2.45) is 5.92 Å². The lowest BCUT2D eigenvalue weighted by molar-refractivity contribution is 0.114. The monoisotopic (exact) mass is 238 g/mol. The van der Waals surface area contributed by atoms with Crippen LogP contribution in [-0.4, -0.2) is 27.7 Å². The number of rotatable bonds is 6.